The number of benzene rings is 2. The van der Waals surface area contributed by atoms with Crippen LogP contribution in [-0.4, -0.2) is 43.5 Å². The third-order valence-electron chi connectivity index (χ3n) is 5.09. The van der Waals surface area contributed by atoms with Crippen LogP contribution in [0.15, 0.2) is 48.5 Å². The van der Waals surface area contributed by atoms with Gasteiger partial charge in [0.15, 0.2) is 0 Å². The van der Waals surface area contributed by atoms with E-state index >= 15 is 0 Å². The number of hydrogen-bond donors (Lipinski definition) is 1. The van der Waals surface area contributed by atoms with Crippen molar-refractivity contribution in [1.82, 2.24) is 5.32 Å². The Bertz CT molecular complexity index is 1000. The number of nitrogens with one attached hydrogen (secondary N) is 1. The van der Waals surface area contributed by atoms with Gasteiger partial charge in [0.1, 0.15) is 18.2 Å². The van der Waals surface area contributed by atoms with Crippen LogP contribution in [-0.2, 0) is 38.5 Å². The molecule has 33 heavy (non-hydrogen) atoms. The summed E-state index contributed by atoms with van der Waals surface area (Å²) < 4.78 is 15.6. The fourth-order valence-corrected chi connectivity index (χ4v) is 3.54. The number of esters is 1. The molecule has 1 atom stereocenters. The number of anilines is 1. The first kappa shape index (κ1) is 24.1. The molecule has 176 valence electrons. The van der Waals surface area contributed by atoms with Crippen LogP contribution in [0.1, 0.15) is 37.5 Å². The van der Waals surface area contributed by atoms with Crippen molar-refractivity contribution in [3.05, 3.63) is 65.2 Å². The van der Waals surface area contributed by atoms with Gasteiger partial charge in [0, 0.05) is 13.0 Å². The first-order valence-corrected chi connectivity index (χ1v) is 10.8. The molecule has 1 aliphatic rings. The highest BCUT2D eigenvalue weighted by Crippen LogP contribution is 2.31. The highest BCUT2D eigenvalue weighted by atomic mass is 16.6. The maximum atomic E-state index is 12.6. The van der Waals surface area contributed by atoms with Gasteiger partial charge in [-0.3, -0.25) is 4.90 Å². The summed E-state index contributed by atoms with van der Waals surface area (Å²) in [4.78, 5) is 38.8. The largest absolute Gasteiger partial charge is 0.467 e. The summed E-state index contributed by atoms with van der Waals surface area (Å²) >= 11 is 0. The van der Waals surface area contributed by atoms with Gasteiger partial charge in [0.2, 0.25) is 0 Å². The molecule has 8 nitrogen and oxygen atoms in total. The Kier molecular flexibility index (Phi) is 7.58. The van der Waals surface area contributed by atoms with Gasteiger partial charge in [-0.05, 0) is 49.9 Å². The number of fused-ring (bicyclic) bond motifs is 1. The summed E-state index contributed by atoms with van der Waals surface area (Å²) in [5.41, 5.74) is 2.77. The molecule has 2 aromatic rings. The molecule has 0 aromatic heterocycles. The lowest BCUT2D eigenvalue weighted by atomic mass is 10.0. The van der Waals surface area contributed by atoms with E-state index in [2.05, 4.69) is 5.32 Å². The molecule has 8 heteroatoms. The molecule has 2 amide bonds. The van der Waals surface area contributed by atoms with E-state index in [1.54, 1.807) is 4.90 Å². The van der Waals surface area contributed by atoms with Crippen LogP contribution >= 0.6 is 0 Å². The summed E-state index contributed by atoms with van der Waals surface area (Å²) in [6.07, 6.45) is -0.224. The molecule has 0 bridgehead atoms. The molecule has 3 rings (SSSR count). The Balaban J connectivity index is 1.68. The molecule has 0 saturated heterocycles. The van der Waals surface area contributed by atoms with Crippen molar-refractivity contribution in [2.24, 2.45) is 0 Å². The normalized spacial score (nSPS) is 13.6. The number of ether oxygens (including phenoxy) is 3. The van der Waals surface area contributed by atoms with Crippen molar-refractivity contribution >= 4 is 23.8 Å². The molecular weight excluding hydrogens is 424 g/mol. The van der Waals surface area contributed by atoms with Crippen LogP contribution in [0.25, 0.3) is 0 Å². The van der Waals surface area contributed by atoms with E-state index in [1.807, 2.05) is 69.3 Å². The van der Waals surface area contributed by atoms with Gasteiger partial charge in [0.25, 0.3) is 0 Å². The fourth-order valence-electron chi connectivity index (χ4n) is 3.54. The Labute approximate surface area is 193 Å². The zero-order valence-electron chi connectivity index (χ0n) is 19.4. The number of carbonyl (C=O) groups excluding carboxylic acids is 3. The number of hydrogen-bond acceptors (Lipinski definition) is 6. The third-order valence-corrected chi connectivity index (χ3v) is 5.09. The second-order valence-corrected chi connectivity index (χ2v) is 8.83. The van der Waals surface area contributed by atoms with E-state index in [0.717, 1.165) is 28.8 Å². The van der Waals surface area contributed by atoms with Crippen LogP contribution < -0.4 is 10.2 Å². The van der Waals surface area contributed by atoms with E-state index < -0.39 is 29.8 Å². The first-order valence-electron chi connectivity index (χ1n) is 10.8. The number of amides is 2. The molecule has 1 heterocycles. The minimum atomic E-state index is -0.937. The zero-order chi connectivity index (χ0) is 24.0. The molecule has 2 aromatic carbocycles. The number of alkyl carbamates (subject to hydrolysis) is 1. The van der Waals surface area contributed by atoms with Crippen molar-refractivity contribution in [3.63, 3.8) is 0 Å². The van der Waals surface area contributed by atoms with Crippen molar-refractivity contribution < 1.29 is 28.6 Å². The lowest BCUT2D eigenvalue weighted by Gasteiger charge is -2.25. The lowest BCUT2D eigenvalue weighted by Crippen LogP contribution is -2.43. The highest BCUT2D eigenvalue weighted by molar-refractivity contribution is 5.90. The van der Waals surface area contributed by atoms with Gasteiger partial charge >= 0.3 is 18.2 Å². The number of carbonyl (C=O) groups is 3. The lowest BCUT2D eigenvalue weighted by molar-refractivity contribution is -0.143. The van der Waals surface area contributed by atoms with Gasteiger partial charge in [-0.1, -0.05) is 42.5 Å². The summed E-state index contributed by atoms with van der Waals surface area (Å²) in [5, 5.41) is 2.58. The molecule has 0 fully saturated rings. The SMILES string of the molecule is COC(=O)[C@H](Cc1ccc2c(c1)N(C(=O)OC(C)(C)C)CC2)NC(=O)OCc1ccccc1. The molecule has 0 unspecified atom stereocenters. The standard InChI is InChI=1S/C25H30N2O6/c1-25(2,3)33-24(30)27-13-12-19-11-10-18(15-21(19)27)14-20(22(28)31-4)26-23(29)32-16-17-8-6-5-7-9-17/h5-11,15,20H,12-14,16H2,1-4H3,(H,26,29)/t20-/m0/s1. The smallest absolute Gasteiger partial charge is 0.414 e. The quantitative estimate of drug-likeness (QED) is 0.524. The van der Waals surface area contributed by atoms with E-state index in [0.29, 0.717) is 6.54 Å². The molecule has 1 N–H and O–H groups in total. The Morgan fingerprint density at radius 2 is 1.79 bits per heavy atom. The highest BCUT2D eigenvalue weighted by Gasteiger charge is 2.30. The van der Waals surface area contributed by atoms with Crippen molar-refractivity contribution in [1.29, 1.82) is 0 Å². The maximum Gasteiger partial charge on any atom is 0.414 e. The Morgan fingerprint density at radius 1 is 1.06 bits per heavy atom. The van der Waals surface area contributed by atoms with E-state index in [4.69, 9.17) is 14.2 Å². The van der Waals surface area contributed by atoms with Gasteiger partial charge in [-0.2, -0.15) is 0 Å². The second kappa shape index (κ2) is 10.4. The predicted octanol–water partition coefficient (Wildman–Crippen LogP) is 3.99. The van der Waals surface area contributed by atoms with Crippen molar-refractivity contribution in [2.75, 3.05) is 18.6 Å². The van der Waals surface area contributed by atoms with Crippen LogP contribution in [0.3, 0.4) is 0 Å². The molecule has 0 spiro atoms. The average Bonchev–Trinajstić information content (AvgIpc) is 3.20. The summed E-state index contributed by atoms with van der Waals surface area (Å²) in [6, 6.07) is 14.0. The fraction of sp³-hybridized carbons (Fsp3) is 0.400. The summed E-state index contributed by atoms with van der Waals surface area (Å²) in [7, 11) is 1.26. The van der Waals surface area contributed by atoms with Crippen LogP contribution in [0.4, 0.5) is 15.3 Å². The molecule has 1 aliphatic heterocycles. The van der Waals surface area contributed by atoms with Crippen molar-refractivity contribution in [3.8, 4) is 0 Å². The van der Waals surface area contributed by atoms with Gasteiger partial charge in [0.05, 0.1) is 12.8 Å². The summed E-state index contributed by atoms with van der Waals surface area (Å²) in [5.74, 6) is -0.587. The van der Waals surface area contributed by atoms with Gasteiger partial charge in [-0.15, -0.1) is 0 Å². The van der Waals surface area contributed by atoms with Gasteiger partial charge < -0.3 is 19.5 Å². The summed E-state index contributed by atoms with van der Waals surface area (Å²) in [6.45, 7) is 6.08. The number of nitrogens with zero attached hydrogens (tertiary/aromatic N) is 1. The van der Waals surface area contributed by atoms with Crippen LogP contribution in [0.2, 0.25) is 0 Å². The minimum Gasteiger partial charge on any atom is -0.467 e. The van der Waals surface area contributed by atoms with E-state index in [1.165, 1.54) is 7.11 Å². The molecule has 0 aliphatic carbocycles. The Hall–Kier alpha value is -3.55. The zero-order valence-corrected chi connectivity index (χ0v) is 19.4. The third kappa shape index (κ3) is 6.71. The Morgan fingerprint density at radius 3 is 2.45 bits per heavy atom. The second-order valence-electron chi connectivity index (χ2n) is 8.83. The number of methoxy groups -OCH3 is 1. The minimum absolute atomic E-state index is 0.0876. The monoisotopic (exact) mass is 454 g/mol. The molecule has 0 radical (unpaired) electrons. The molecule has 0 saturated carbocycles. The topological polar surface area (TPSA) is 94.2 Å². The first-order chi connectivity index (χ1) is 15.7. The number of rotatable bonds is 6. The van der Waals surface area contributed by atoms with E-state index in [9.17, 15) is 14.4 Å². The van der Waals surface area contributed by atoms with E-state index in [-0.39, 0.29) is 13.0 Å². The average molecular weight is 455 g/mol. The van der Waals surface area contributed by atoms with Crippen molar-refractivity contribution in [2.45, 2.75) is 51.9 Å². The van der Waals surface area contributed by atoms with Crippen LogP contribution in [0, 0.1) is 0 Å². The van der Waals surface area contributed by atoms with Gasteiger partial charge in [-0.25, -0.2) is 14.4 Å². The molecular formula is C25H30N2O6. The maximum absolute atomic E-state index is 12.6. The van der Waals surface area contributed by atoms with Crippen LogP contribution in [0.5, 0.6) is 0 Å². The predicted molar refractivity (Wildman–Crippen MR) is 123 cm³/mol.